The number of carbonyl (C=O) groups is 2. The summed E-state index contributed by atoms with van der Waals surface area (Å²) in [4.78, 5) is 25.1. The fourth-order valence-electron chi connectivity index (χ4n) is 1.95. The zero-order valence-electron chi connectivity index (χ0n) is 12.6. The monoisotopic (exact) mass is 301 g/mol. The number of furan rings is 1. The van der Waals surface area contributed by atoms with Crippen molar-refractivity contribution in [2.75, 3.05) is 12.4 Å². The molecule has 3 N–H and O–H groups in total. The number of amides is 2. The molecule has 0 aliphatic carbocycles. The molecule has 6 nitrogen and oxygen atoms in total. The second kappa shape index (κ2) is 6.91. The molecule has 6 heteroatoms. The van der Waals surface area contributed by atoms with Gasteiger partial charge in [0, 0.05) is 11.3 Å². The summed E-state index contributed by atoms with van der Waals surface area (Å²) in [6.07, 6.45) is 1.61. The number of rotatable bonds is 6. The van der Waals surface area contributed by atoms with Crippen molar-refractivity contribution in [2.24, 2.45) is 5.73 Å². The summed E-state index contributed by atoms with van der Waals surface area (Å²) < 4.78 is 5.27. The first kappa shape index (κ1) is 15.8. The van der Waals surface area contributed by atoms with Gasteiger partial charge in [0.15, 0.2) is 0 Å². The molecule has 1 aromatic heterocycles. The molecule has 0 saturated carbocycles. The van der Waals surface area contributed by atoms with Gasteiger partial charge in [-0.25, -0.2) is 0 Å². The van der Waals surface area contributed by atoms with E-state index >= 15 is 0 Å². The average Bonchev–Trinajstić information content (AvgIpc) is 2.99. The fraction of sp³-hybridized carbons (Fsp3) is 0.250. The molecule has 0 radical (unpaired) electrons. The van der Waals surface area contributed by atoms with Gasteiger partial charge in [0.2, 0.25) is 11.8 Å². The lowest BCUT2D eigenvalue weighted by Gasteiger charge is -2.22. The molecule has 0 unspecified atom stereocenters. The molecule has 2 rings (SSSR count). The number of hydrogen-bond acceptors (Lipinski definition) is 4. The molecule has 1 heterocycles. The third-order valence-electron chi connectivity index (χ3n) is 3.46. The predicted octanol–water partition coefficient (Wildman–Crippen LogP) is 1.84. The Balaban J connectivity index is 1.94. The Kier molecular flexibility index (Phi) is 4.95. The molecule has 2 aromatic rings. The van der Waals surface area contributed by atoms with Crippen molar-refractivity contribution in [3.63, 3.8) is 0 Å². The minimum Gasteiger partial charge on any atom is -0.468 e. The van der Waals surface area contributed by atoms with Gasteiger partial charge in [-0.3, -0.25) is 14.5 Å². The van der Waals surface area contributed by atoms with E-state index in [0.717, 1.165) is 5.76 Å². The van der Waals surface area contributed by atoms with Crippen LogP contribution in [-0.2, 0) is 11.3 Å². The number of hydrogen-bond donors (Lipinski definition) is 2. The van der Waals surface area contributed by atoms with Crippen LogP contribution in [0, 0.1) is 0 Å². The Bertz CT molecular complexity index is 635. The number of carbonyl (C=O) groups excluding carboxylic acids is 2. The van der Waals surface area contributed by atoms with Crippen LogP contribution in [-0.4, -0.2) is 29.8 Å². The van der Waals surface area contributed by atoms with Crippen LogP contribution >= 0.6 is 0 Å². The van der Waals surface area contributed by atoms with Crippen LogP contribution in [0.4, 0.5) is 5.69 Å². The fourth-order valence-corrected chi connectivity index (χ4v) is 1.95. The van der Waals surface area contributed by atoms with Crippen molar-refractivity contribution in [2.45, 2.75) is 19.5 Å². The zero-order chi connectivity index (χ0) is 16.1. The lowest BCUT2D eigenvalue weighted by atomic mass is 10.2. The number of anilines is 1. The summed E-state index contributed by atoms with van der Waals surface area (Å²) in [6, 6.07) is 9.80. The number of primary amides is 1. The van der Waals surface area contributed by atoms with Crippen LogP contribution in [0.3, 0.4) is 0 Å². The number of likely N-dealkylation sites (N-methyl/N-ethyl adjacent to an activating group) is 1. The van der Waals surface area contributed by atoms with Gasteiger partial charge in [0.25, 0.3) is 0 Å². The first-order valence-corrected chi connectivity index (χ1v) is 6.90. The summed E-state index contributed by atoms with van der Waals surface area (Å²) in [5.74, 6) is 0.165. The van der Waals surface area contributed by atoms with Crippen molar-refractivity contribution in [3.05, 3.63) is 54.0 Å². The van der Waals surface area contributed by atoms with Crippen LogP contribution in [0.25, 0.3) is 0 Å². The van der Waals surface area contributed by atoms with Gasteiger partial charge in [-0.15, -0.1) is 0 Å². The highest BCUT2D eigenvalue weighted by atomic mass is 16.3. The summed E-state index contributed by atoms with van der Waals surface area (Å²) >= 11 is 0. The highest BCUT2D eigenvalue weighted by Gasteiger charge is 2.19. The van der Waals surface area contributed by atoms with Gasteiger partial charge in [-0.1, -0.05) is 0 Å². The first-order chi connectivity index (χ1) is 10.5. The molecular weight excluding hydrogens is 282 g/mol. The Morgan fingerprint density at radius 2 is 1.95 bits per heavy atom. The largest absolute Gasteiger partial charge is 0.468 e. The van der Waals surface area contributed by atoms with Crippen LogP contribution in [0.5, 0.6) is 0 Å². The molecule has 0 spiro atoms. The van der Waals surface area contributed by atoms with Crippen LogP contribution < -0.4 is 11.1 Å². The second-order valence-corrected chi connectivity index (χ2v) is 5.10. The van der Waals surface area contributed by atoms with E-state index in [9.17, 15) is 9.59 Å². The van der Waals surface area contributed by atoms with E-state index in [2.05, 4.69) is 5.32 Å². The molecule has 0 aliphatic rings. The molecule has 0 aliphatic heterocycles. The van der Waals surface area contributed by atoms with Crippen molar-refractivity contribution < 1.29 is 14.0 Å². The Hall–Kier alpha value is -2.60. The Labute approximate surface area is 128 Å². The first-order valence-electron chi connectivity index (χ1n) is 6.90. The van der Waals surface area contributed by atoms with Crippen molar-refractivity contribution in [1.82, 2.24) is 4.90 Å². The number of benzene rings is 1. The minimum absolute atomic E-state index is 0.138. The Morgan fingerprint density at radius 1 is 1.27 bits per heavy atom. The minimum atomic E-state index is -0.496. The normalized spacial score (nSPS) is 12.1. The summed E-state index contributed by atoms with van der Waals surface area (Å²) in [7, 11) is 1.85. The zero-order valence-corrected chi connectivity index (χ0v) is 12.6. The maximum atomic E-state index is 12.2. The molecule has 0 saturated heterocycles. The van der Waals surface area contributed by atoms with E-state index in [0.29, 0.717) is 17.8 Å². The number of nitrogens with one attached hydrogen (secondary N) is 1. The third-order valence-corrected chi connectivity index (χ3v) is 3.46. The van der Waals surface area contributed by atoms with Crippen LogP contribution in [0.2, 0.25) is 0 Å². The van der Waals surface area contributed by atoms with E-state index < -0.39 is 5.91 Å². The number of nitrogens with zero attached hydrogens (tertiary/aromatic N) is 1. The third kappa shape index (κ3) is 3.95. The van der Waals surface area contributed by atoms with Gasteiger partial charge in [0.05, 0.1) is 18.8 Å². The highest BCUT2D eigenvalue weighted by Crippen LogP contribution is 2.12. The van der Waals surface area contributed by atoms with Crippen LogP contribution in [0.15, 0.2) is 47.1 Å². The predicted molar refractivity (Wildman–Crippen MR) is 83.2 cm³/mol. The van der Waals surface area contributed by atoms with Crippen molar-refractivity contribution in [3.8, 4) is 0 Å². The van der Waals surface area contributed by atoms with Gasteiger partial charge in [-0.2, -0.15) is 0 Å². The summed E-state index contributed by atoms with van der Waals surface area (Å²) in [5, 5.41) is 2.81. The lowest BCUT2D eigenvalue weighted by Crippen LogP contribution is -2.39. The topological polar surface area (TPSA) is 88.6 Å². The molecule has 0 fully saturated rings. The number of nitrogens with two attached hydrogens (primary N) is 1. The Morgan fingerprint density at radius 3 is 2.50 bits per heavy atom. The van der Waals surface area contributed by atoms with Gasteiger partial charge < -0.3 is 15.5 Å². The molecule has 116 valence electrons. The molecule has 2 amide bonds. The van der Waals surface area contributed by atoms with E-state index in [1.807, 2.05) is 31.0 Å². The average molecular weight is 301 g/mol. The summed E-state index contributed by atoms with van der Waals surface area (Å²) in [6.45, 7) is 2.36. The van der Waals surface area contributed by atoms with Crippen LogP contribution in [0.1, 0.15) is 23.0 Å². The quantitative estimate of drug-likeness (QED) is 0.852. The maximum absolute atomic E-state index is 12.2. The molecule has 1 aromatic carbocycles. The van der Waals surface area contributed by atoms with Gasteiger partial charge in [-0.05, 0) is 50.4 Å². The summed E-state index contributed by atoms with van der Waals surface area (Å²) in [5.41, 5.74) is 6.20. The highest BCUT2D eigenvalue weighted by molar-refractivity contribution is 5.96. The van der Waals surface area contributed by atoms with E-state index in [1.165, 1.54) is 0 Å². The maximum Gasteiger partial charge on any atom is 0.248 e. The molecule has 0 bridgehead atoms. The molecule has 1 atom stereocenters. The van der Waals surface area contributed by atoms with Gasteiger partial charge in [0.1, 0.15) is 5.76 Å². The smallest absolute Gasteiger partial charge is 0.248 e. The SMILES string of the molecule is C[C@H](C(=O)Nc1ccc(C(N)=O)cc1)N(C)Cc1ccco1. The van der Waals surface area contributed by atoms with Crippen molar-refractivity contribution in [1.29, 1.82) is 0 Å². The molecule has 22 heavy (non-hydrogen) atoms. The molecular formula is C16H19N3O3. The second-order valence-electron chi connectivity index (χ2n) is 5.10. The van der Waals surface area contributed by atoms with Crippen molar-refractivity contribution >= 4 is 17.5 Å². The van der Waals surface area contributed by atoms with E-state index in [4.69, 9.17) is 10.2 Å². The van der Waals surface area contributed by atoms with E-state index in [-0.39, 0.29) is 11.9 Å². The van der Waals surface area contributed by atoms with E-state index in [1.54, 1.807) is 30.5 Å². The van der Waals surface area contributed by atoms with Gasteiger partial charge >= 0.3 is 0 Å². The lowest BCUT2D eigenvalue weighted by molar-refractivity contribution is -0.120. The standard InChI is InChI=1S/C16H19N3O3/c1-11(19(2)10-14-4-3-9-22-14)16(21)18-13-7-5-12(6-8-13)15(17)20/h3-9,11H,10H2,1-2H3,(H2,17,20)(H,18,21)/t11-/m1/s1.